The third-order valence-corrected chi connectivity index (χ3v) is 6.01. The Kier molecular flexibility index (Phi) is 8.27. The monoisotopic (exact) mass is 465 g/mol. The molecule has 2 N–H and O–H groups in total. The molecule has 0 amide bonds. The highest BCUT2D eigenvalue weighted by Crippen LogP contribution is 2.60. The van der Waals surface area contributed by atoms with E-state index in [1.807, 2.05) is 7.05 Å². The second kappa shape index (κ2) is 9.74. The van der Waals surface area contributed by atoms with Gasteiger partial charge in [0, 0.05) is 50.8 Å². The van der Waals surface area contributed by atoms with Gasteiger partial charge in [0.2, 0.25) is 0 Å². The topological polar surface area (TPSA) is 54.9 Å². The standard InChI is InChI=1S/C19H35N3O2.HI/c1-14(2)13-23-11-6-10-21-18(20-3)22-16-15-7-12-24-17(15)19(16)8-4-5-9-19;/h14-17H,4-13H2,1-3H3,(H2,20,21,22);1H. The Bertz CT molecular complexity index is 438. The van der Waals surface area contributed by atoms with Crippen LogP contribution in [0.2, 0.25) is 0 Å². The second-order valence-corrected chi connectivity index (χ2v) is 8.13. The highest BCUT2D eigenvalue weighted by Gasteiger charge is 2.65. The van der Waals surface area contributed by atoms with E-state index in [1.54, 1.807) is 0 Å². The van der Waals surface area contributed by atoms with Gasteiger partial charge in [-0.25, -0.2) is 0 Å². The lowest BCUT2D eigenvalue weighted by atomic mass is 9.54. The highest BCUT2D eigenvalue weighted by molar-refractivity contribution is 14.0. The first-order chi connectivity index (χ1) is 11.7. The van der Waals surface area contributed by atoms with Gasteiger partial charge in [-0.05, 0) is 31.6 Å². The Hall–Kier alpha value is -0.0800. The molecule has 1 saturated heterocycles. The van der Waals surface area contributed by atoms with Crippen molar-refractivity contribution in [2.45, 2.75) is 64.5 Å². The molecule has 2 saturated carbocycles. The van der Waals surface area contributed by atoms with Gasteiger partial charge in [-0.2, -0.15) is 0 Å². The van der Waals surface area contributed by atoms with E-state index in [1.165, 1.54) is 32.1 Å². The fourth-order valence-electron chi connectivity index (χ4n) is 4.95. The minimum atomic E-state index is 0. The van der Waals surface area contributed by atoms with E-state index >= 15 is 0 Å². The van der Waals surface area contributed by atoms with E-state index in [2.05, 4.69) is 29.5 Å². The van der Waals surface area contributed by atoms with Crippen molar-refractivity contribution in [3.05, 3.63) is 0 Å². The number of halogens is 1. The van der Waals surface area contributed by atoms with E-state index in [0.29, 0.717) is 29.4 Å². The summed E-state index contributed by atoms with van der Waals surface area (Å²) in [7, 11) is 1.87. The number of nitrogens with zero attached hydrogens (tertiary/aromatic N) is 1. The van der Waals surface area contributed by atoms with Crippen molar-refractivity contribution in [3.63, 3.8) is 0 Å². The van der Waals surface area contributed by atoms with Crippen LogP contribution in [0.15, 0.2) is 4.99 Å². The Labute approximate surface area is 170 Å². The first kappa shape index (κ1) is 21.2. The molecule has 3 atom stereocenters. The number of hydrogen-bond acceptors (Lipinski definition) is 3. The van der Waals surface area contributed by atoms with E-state index in [9.17, 15) is 0 Å². The molecule has 0 aromatic carbocycles. The lowest BCUT2D eigenvalue weighted by Gasteiger charge is -2.57. The van der Waals surface area contributed by atoms with Crippen LogP contribution in [0.25, 0.3) is 0 Å². The summed E-state index contributed by atoms with van der Waals surface area (Å²) in [5, 5.41) is 7.20. The van der Waals surface area contributed by atoms with Gasteiger partial charge >= 0.3 is 0 Å². The number of rotatable bonds is 7. The maximum atomic E-state index is 6.06. The second-order valence-electron chi connectivity index (χ2n) is 8.13. The summed E-state index contributed by atoms with van der Waals surface area (Å²) in [5.41, 5.74) is 0.374. The minimum Gasteiger partial charge on any atom is -0.381 e. The van der Waals surface area contributed by atoms with E-state index in [0.717, 1.165) is 38.7 Å². The summed E-state index contributed by atoms with van der Waals surface area (Å²) in [5.74, 6) is 2.23. The van der Waals surface area contributed by atoms with Crippen LogP contribution in [-0.4, -0.2) is 51.5 Å². The average molecular weight is 465 g/mol. The number of fused-ring (bicyclic) bond motifs is 2. The quantitative estimate of drug-likeness (QED) is 0.263. The van der Waals surface area contributed by atoms with Crippen molar-refractivity contribution in [1.29, 1.82) is 0 Å². The lowest BCUT2D eigenvalue weighted by Crippen LogP contribution is -2.69. The molecule has 0 aromatic heterocycles. The van der Waals surface area contributed by atoms with Crippen LogP contribution in [0, 0.1) is 17.3 Å². The molecule has 5 nitrogen and oxygen atoms in total. The first-order valence-corrected chi connectivity index (χ1v) is 9.84. The summed E-state index contributed by atoms with van der Waals surface area (Å²) in [4.78, 5) is 4.44. The zero-order valence-corrected chi connectivity index (χ0v) is 18.4. The van der Waals surface area contributed by atoms with E-state index < -0.39 is 0 Å². The highest BCUT2D eigenvalue weighted by atomic mass is 127. The predicted molar refractivity (Wildman–Crippen MR) is 113 cm³/mol. The molecule has 1 aliphatic heterocycles. The number of aliphatic imine (C=N–C) groups is 1. The lowest BCUT2D eigenvalue weighted by molar-refractivity contribution is -0.125. The number of ether oxygens (including phenoxy) is 2. The van der Waals surface area contributed by atoms with Crippen molar-refractivity contribution in [2.24, 2.45) is 22.2 Å². The zero-order chi connectivity index (χ0) is 17.0. The smallest absolute Gasteiger partial charge is 0.191 e. The maximum absolute atomic E-state index is 6.06. The van der Waals surface area contributed by atoms with Crippen LogP contribution in [0.3, 0.4) is 0 Å². The van der Waals surface area contributed by atoms with Gasteiger partial charge in [-0.1, -0.05) is 26.7 Å². The van der Waals surface area contributed by atoms with Crippen LogP contribution in [0.4, 0.5) is 0 Å². The first-order valence-electron chi connectivity index (χ1n) is 9.84. The molecule has 2 aliphatic carbocycles. The molecule has 0 aromatic rings. The third-order valence-electron chi connectivity index (χ3n) is 6.01. The van der Waals surface area contributed by atoms with Crippen LogP contribution >= 0.6 is 24.0 Å². The third kappa shape index (κ3) is 4.61. The fraction of sp³-hybridized carbons (Fsp3) is 0.947. The molecule has 1 heterocycles. The Balaban J connectivity index is 0.00000225. The van der Waals surface area contributed by atoms with Gasteiger partial charge in [0.15, 0.2) is 5.96 Å². The van der Waals surface area contributed by atoms with Gasteiger partial charge in [-0.3, -0.25) is 4.99 Å². The zero-order valence-electron chi connectivity index (χ0n) is 16.1. The fourth-order valence-corrected chi connectivity index (χ4v) is 4.95. The summed E-state index contributed by atoms with van der Waals surface area (Å²) in [6.07, 6.45) is 8.04. The average Bonchev–Trinajstić information content (AvgIpc) is 3.21. The van der Waals surface area contributed by atoms with Gasteiger partial charge < -0.3 is 20.1 Å². The maximum Gasteiger partial charge on any atom is 0.191 e. The molecule has 3 unspecified atom stereocenters. The van der Waals surface area contributed by atoms with Gasteiger partial charge in [-0.15, -0.1) is 24.0 Å². The summed E-state index contributed by atoms with van der Waals surface area (Å²) >= 11 is 0. The molecule has 3 fully saturated rings. The number of hydrogen-bond donors (Lipinski definition) is 2. The Morgan fingerprint density at radius 2 is 2.08 bits per heavy atom. The van der Waals surface area contributed by atoms with Crippen molar-refractivity contribution in [1.82, 2.24) is 10.6 Å². The number of guanidine groups is 1. The molecule has 25 heavy (non-hydrogen) atoms. The van der Waals surface area contributed by atoms with Crippen molar-refractivity contribution in [3.8, 4) is 0 Å². The molecule has 0 bridgehead atoms. The van der Waals surface area contributed by atoms with Crippen molar-refractivity contribution < 1.29 is 9.47 Å². The Morgan fingerprint density at radius 3 is 2.76 bits per heavy atom. The molecule has 3 rings (SSSR count). The largest absolute Gasteiger partial charge is 0.381 e. The minimum absolute atomic E-state index is 0. The molecule has 1 spiro atoms. The molecule has 6 heteroatoms. The molecule has 0 radical (unpaired) electrons. The van der Waals surface area contributed by atoms with Crippen LogP contribution < -0.4 is 10.6 Å². The van der Waals surface area contributed by atoms with Gasteiger partial charge in [0.1, 0.15) is 0 Å². The molecular weight excluding hydrogens is 429 g/mol. The van der Waals surface area contributed by atoms with Crippen molar-refractivity contribution in [2.75, 3.05) is 33.4 Å². The van der Waals surface area contributed by atoms with Crippen LogP contribution in [0.5, 0.6) is 0 Å². The summed E-state index contributed by atoms with van der Waals surface area (Å²) in [6, 6.07) is 0.538. The van der Waals surface area contributed by atoms with E-state index in [-0.39, 0.29) is 24.0 Å². The Morgan fingerprint density at radius 1 is 1.32 bits per heavy atom. The predicted octanol–water partition coefficient (Wildman–Crippen LogP) is 3.18. The normalized spacial score (nSPS) is 30.1. The van der Waals surface area contributed by atoms with Crippen LogP contribution in [0.1, 0.15) is 52.4 Å². The van der Waals surface area contributed by atoms with Crippen molar-refractivity contribution >= 4 is 29.9 Å². The van der Waals surface area contributed by atoms with Crippen LogP contribution in [-0.2, 0) is 9.47 Å². The number of nitrogens with one attached hydrogen (secondary N) is 2. The van der Waals surface area contributed by atoms with Gasteiger partial charge in [0.25, 0.3) is 0 Å². The molecular formula is C19H36IN3O2. The van der Waals surface area contributed by atoms with E-state index in [4.69, 9.17) is 9.47 Å². The summed E-state index contributed by atoms with van der Waals surface area (Å²) in [6.45, 7) is 7.87. The SMILES string of the molecule is CN=C(NCCCOCC(C)C)NC1C2CCOC2C12CCCC2.I. The summed E-state index contributed by atoms with van der Waals surface area (Å²) < 4.78 is 11.7. The molecule has 146 valence electrons. The molecule has 3 aliphatic rings. The van der Waals surface area contributed by atoms with Gasteiger partial charge in [0.05, 0.1) is 6.10 Å².